The van der Waals surface area contributed by atoms with Crippen molar-refractivity contribution in [2.24, 2.45) is 0 Å². The largest absolute Gasteiger partial charge is 0.311 e. The van der Waals surface area contributed by atoms with Gasteiger partial charge in [0.1, 0.15) is 0 Å². The number of nitrogens with one attached hydrogen (secondary N) is 1. The molecule has 2 rings (SSSR count). The van der Waals surface area contributed by atoms with E-state index in [1.54, 1.807) is 6.20 Å². The van der Waals surface area contributed by atoms with Crippen molar-refractivity contribution in [1.29, 1.82) is 0 Å². The molecule has 5 nitrogen and oxygen atoms in total. The molecule has 0 saturated carbocycles. The zero-order valence-electron chi connectivity index (χ0n) is 12.6. The first kappa shape index (κ1) is 14.7. The summed E-state index contributed by atoms with van der Waals surface area (Å²) in [6, 6.07) is 2.14. The van der Waals surface area contributed by atoms with Crippen LogP contribution in [0.2, 0.25) is 0 Å². The maximum Gasteiger partial charge on any atom is 0.172 e. The van der Waals surface area contributed by atoms with Gasteiger partial charge in [0.2, 0.25) is 0 Å². The van der Waals surface area contributed by atoms with E-state index >= 15 is 0 Å². The van der Waals surface area contributed by atoms with Gasteiger partial charge in [0.15, 0.2) is 5.82 Å². The van der Waals surface area contributed by atoms with Gasteiger partial charge in [-0.05, 0) is 31.9 Å². The molecule has 0 aliphatic carbocycles. The zero-order valence-corrected chi connectivity index (χ0v) is 12.6. The average Bonchev–Trinajstić information content (AvgIpc) is 2.91. The van der Waals surface area contributed by atoms with E-state index in [2.05, 4.69) is 47.2 Å². The van der Waals surface area contributed by atoms with Crippen LogP contribution in [-0.2, 0) is 19.4 Å². The smallest absolute Gasteiger partial charge is 0.172 e. The predicted octanol–water partition coefficient (Wildman–Crippen LogP) is 2.29. The first-order chi connectivity index (χ1) is 9.78. The van der Waals surface area contributed by atoms with E-state index in [9.17, 15) is 0 Å². The van der Waals surface area contributed by atoms with Crippen LogP contribution in [0.1, 0.15) is 44.3 Å². The van der Waals surface area contributed by atoms with Crippen LogP contribution in [0.25, 0.3) is 5.82 Å². The number of aromatic nitrogens is 4. The van der Waals surface area contributed by atoms with Gasteiger partial charge < -0.3 is 5.32 Å². The second-order valence-electron chi connectivity index (χ2n) is 4.79. The molecule has 2 aromatic rings. The molecule has 0 unspecified atom stereocenters. The Hall–Kier alpha value is -1.75. The Morgan fingerprint density at radius 1 is 1.05 bits per heavy atom. The minimum absolute atomic E-state index is 0.765. The minimum atomic E-state index is 0.765. The minimum Gasteiger partial charge on any atom is -0.311 e. The fraction of sp³-hybridized carbons (Fsp3) is 0.533. The Balaban J connectivity index is 2.14. The number of aryl methyl sites for hydroxylation is 2. The van der Waals surface area contributed by atoms with Crippen LogP contribution < -0.4 is 5.32 Å². The Labute approximate surface area is 120 Å². The van der Waals surface area contributed by atoms with E-state index in [0.29, 0.717) is 0 Å². The normalized spacial score (nSPS) is 10.9. The third-order valence-corrected chi connectivity index (χ3v) is 3.20. The molecule has 2 heterocycles. The molecule has 0 aliphatic heterocycles. The lowest BCUT2D eigenvalue weighted by Gasteiger charge is -2.06. The van der Waals surface area contributed by atoms with Crippen molar-refractivity contribution >= 4 is 0 Å². The highest BCUT2D eigenvalue weighted by Crippen LogP contribution is 2.11. The summed E-state index contributed by atoms with van der Waals surface area (Å²) >= 11 is 0. The number of hydrogen-bond donors (Lipinski definition) is 1. The summed E-state index contributed by atoms with van der Waals surface area (Å²) in [6.45, 7) is 8.16. The molecule has 0 fully saturated rings. The Kier molecular flexibility index (Phi) is 5.24. The van der Waals surface area contributed by atoms with Gasteiger partial charge in [0, 0.05) is 12.2 Å². The summed E-state index contributed by atoms with van der Waals surface area (Å²) in [4.78, 5) is 8.93. The van der Waals surface area contributed by atoms with Crippen molar-refractivity contribution in [1.82, 2.24) is 25.1 Å². The number of hydrogen-bond acceptors (Lipinski definition) is 4. The highest BCUT2D eigenvalue weighted by Gasteiger charge is 2.08. The van der Waals surface area contributed by atoms with Crippen LogP contribution in [0.15, 0.2) is 18.5 Å². The summed E-state index contributed by atoms with van der Waals surface area (Å²) in [5.74, 6) is 0.792. The summed E-state index contributed by atoms with van der Waals surface area (Å²) in [5.41, 5.74) is 3.23. The number of nitrogens with zero attached hydrogens (tertiary/aromatic N) is 4. The molecule has 0 aliphatic rings. The first-order valence-corrected chi connectivity index (χ1v) is 7.38. The molecule has 0 amide bonds. The summed E-state index contributed by atoms with van der Waals surface area (Å²) in [7, 11) is 0. The Bertz CT molecular complexity index is 530. The van der Waals surface area contributed by atoms with E-state index < -0.39 is 0 Å². The molecule has 0 aromatic carbocycles. The van der Waals surface area contributed by atoms with Gasteiger partial charge in [-0.1, -0.05) is 20.8 Å². The van der Waals surface area contributed by atoms with E-state index in [1.165, 1.54) is 5.69 Å². The molecule has 0 radical (unpaired) electrons. The molecule has 0 spiro atoms. The van der Waals surface area contributed by atoms with Gasteiger partial charge in [-0.15, -0.1) is 0 Å². The molecule has 5 heteroatoms. The van der Waals surface area contributed by atoms with Crippen LogP contribution in [-0.4, -0.2) is 26.3 Å². The van der Waals surface area contributed by atoms with Crippen LogP contribution in [0.5, 0.6) is 0 Å². The monoisotopic (exact) mass is 273 g/mol. The van der Waals surface area contributed by atoms with Crippen LogP contribution in [0, 0.1) is 0 Å². The summed E-state index contributed by atoms with van der Waals surface area (Å²) < 4.78 is 1.90. The zero-order chi connectivity index (χ0) is 14.4. The molecule has 0 saturated heterocycles. The molecule has 20 heavy (non-hydrogen) atoms. The van der Waals surface area contributed by atoms with Crippen molar-refractivity contribution in [2.45, 2.75) is 46.6 Å². The van der Waals surface area contributed by atoms with Crippen molar-refractivity contribution in [3.05, 3.63) is 35.5 Å². The fourth-order valence-electron chi connectivity index (χ4n) is 2.04. The SMILES string of the molecule is CCCNCc1cnc(-n2nc(CC)cc2CC)cn1. The van der Waals surface area contributed by atoms with Crippen molar-refractivity contribution in [2.75, 3.05) is 6.54 Å². The molecule has 2 aromatic heterocycles. The lowest BCUT2D eigenvalue weighted by molar-refractivity contribution is 0.659. The predicted molar refractivity (Wildman–Crippen MR) is 79.9 cm³/mol. The van der Waals surface area contributed by atoms with Crippen LogP contribution in [0.4, 0.5) is 0 Å². The number of rotatable bonds is 7. The van der Waals surface area contributed by atoms with Gasteiger partial charge in [-0.2, -0.15) is 5.10 Å². The van der Waals surface area contributed by atoms with Gasteiger partial charge in [0.05, 0.1) is 23.8 Å². The summed E-state index contributed by atoms with van der Waals surface area (Å²) in [5, 5.41) is 7.89. The Morgan fingerprint density at radius 3 is 2.50 bits per heavy atom. The molecular formula is C15H23N5. The molecule has 0 atom stereocenters. The first-order valence-electron chi connectivity index (χ1n) is 7.38. The molecule has 108 valence electrons. The molecule has 0 bridgehead atoms. The quantitative estimate of drug-likeness (QED) is 0.786. The third kappa shape index (κ3) is 3.42. The molecular weight excluding hydrogens is 250 g/mol. The van der Waals surface area contributed by atoms with E-state index in [4.69, 9.17) is 0 Å². The lowest BCUT2D eigenvalue weighted by Crippen LogP contribution is -2.15. The lowest BCUT2D eigenvalue weighted by atomic mass is 10.3. The maximum atomic E-state index is 4.57. The van der Waals surface area contributed by atoms with Gasteiger partial charge in [-0.3, -0.25) is 4.98 Å². The van der Waals surface area contributed by atoms with Crippen molar-refractivity contribution < 1.29 is 0 Å². The maximum absolute atomic E-state index is 4.57. The topological polar surface area (TPSA) is 55.6 Å². The van der Waals surface area contributed by atoms with Crippen LogP contribution >= 0.6 is 0 Å². The summed E-state index contributed by atoms with van der Waals surface area (Å²) in [6.07, 6.45) is 6.62. The average molecular weight is 273 g/mol. The second kappa shape index (κ2) is 7.14. The second-order valence-corrected chi connectivity index (χ2v) is 4.79. The highest BCUT2D eigenvalue weighted by atomic mass is 15.3. The van der Waals surface area contributed by atoms with Gasteiger partial charge in [0.25, 0.3) is 0 Å². The van der Waals surface area contributed by atoms with Gasteiger partial charge >= 0.3 is 0 Å². The molecule has 1 N–H and O–H groups in total. The van der Waals surface area contributed by atoms with Crippen LogP contribution in [0.3, 0.4) is 0 Å². The van der Waals surface area contributed by atoms with E-state index in [-0.39, 0.29) is 0 Å². The standard InChI is InChI=1S/C15H23N5/c1-4-7-16-9-13-10-18-15(11-17-13)20-14(6-3)8-12(5-2)19-20/h8,10-11,16H,4-7,9H2,1-3H3. The van der Waals surface area contributed by atoms with Crippen molar-refractivity contribution in [3.8, 4) is 5.82 Å². The van der Waals surface area contributed by atoms with Gasteiger partial charge in [-0.25, -0.2) is 9.67 Å². The Morgan fingerprint density at radius 2 is 1.90 bits per heavy atom. The fourth-order valence-corrected chi connectivity index (χ4v) is 2.04. The van der Waals surface area contributed by atoms with E-state index in [0.717, 1.165) is 49.6 Å². The van der Waals surface area contributed by atoms with E-state index in [1.807, 2.05) is 10.9 Å². The highest BCUT2D eigenvalue weighted by molar-refractivity contribution is 5.24. The van der Waals surface area contributed by atoms with Crippen molar-refractivity contribution in [3.63, 3.8) is 0 Å². The third-order valence-electron chi connectivity index (χ3n) is 3.20.